The summed E-state index contributed by atoms with van der Waals surface area (Å²) in [5.41, 5.74) is 1.99. The molecule has 0 heterocycles. The van der Waals surface area contributed by atoms with Gasteiger partial charge in [0.25, 0.3) is 5.91 Å². The molecule has 0 saturated carbocycles. The molecular formula is C20H23FN2O3S. The molecule has 2 aromatic carbocycles. The molecule has 0 bridgehead atoms. The van der Waals surface area contributed by atoms with Crippen LogP contribution in [0.2, 0.25) is 0 Å². The summed E-state index contributed by atoms with van der Waals surface area (Å²) >= 11 is 0. The molecule has 1 aliphatic carbocycles. The van der Waals surface area contributed by atoms with Crippen LogP contribution in [-0.2, 0) is 16.4 Å². The van der Waals surface area contributed by atoms with Gasteiger partial charge in [-0.05, 0) is 56.0 Å². The summed E-state index contributed by atoms with van der Waals surface area (Å²) < 4.78 is 41.5. The largest absolute Gasteiger partial charge is 0.335 e. The summed E-state index contributed by atoms with van der Waals surface area (Å²) in [5.74, 6) is -1.27. The molecule has 27 heavy (non-hydrogen) atoms. The highest BCUT2D eigenvalue weighted by molar-refractivity contribution is 7.89. The van der Waals surface area contributed by atoms with E-state index in [1.165, 1.54) is 16.5 Å². The minimum atomic E-state index is -3.81. The standard InChI is InChI=1S/C20H23FN2O3S/c1-13(2)22-27(25,26)15-9-10-18(21)17(12-15)20(24)23(3)19-11-8-14-6-4-5-7-16(14)19/h4-7,9-10,12-13,19,22H,8,11H2,1-3H3. The molecule has 0 saturated heterocycles. The number of carbonyl (C=O) groups is 1. The van der Waals surface area contributed by atoms with Gasteiger partial charge in [-0.25, -0.2) is 17.5 Å². The van der Waals surface area contributed by atoms with Gasteiger partial charge in [0.2, 0.25) is 10.0 Å². The fraction of sp³-hybridized carbons (Fsp3) is 0.350. The fourth-order valence-electron chi connectivity index (χ4n) is 3.48. The molecule has 1 amide bonds. The number of benzene rings is 2. The Kier molecular flexibility index (Phi) is 5.35. The number of nitrogens with one attached hydrogen (secondary N) is 1. The van der Waals surface area contributed by atoms with Gasteiger partial charge in [-0.2, -0.15) is 0 Å². The zero-order valence-corrected chi connectivity index (χ0v) is 16.4. The minimum absolute atomic E-state index is 0.124. The molecule has 2 aromatic rings. The van der Waals surface area contributed by atoms with Gasteiger partial charge in [0.05, 0.1) is 16.5 Å². The van der Waals surface area contributed by atoms with E-state index in [0.29, 0.717) is 0 Å². The van der Waals surface area contributed by atoms with Crippen molar-refractivity contribution in [3.8, 4) is 0 Å². The Morgan fingerprint density at radius 1 is 1.22 bits per heavy atom. The Morgan fingerprint density at radius 2 is 1.93 bits per heavy atom. The van der Waals surface area contributed by atoms with Crippen LogP contribution in [0.25, 0.3) is 0 Å². The van der Waals surface area contributed by atoms with Crippen molar-refractivity contribution in [2.24, 2.45) is 0 Å². The maximum absolute atomic E-state index is 14.4. The molecule has 7 heteroatoms. The summed E-state index contributed by atoms with van der Waals surface area (Å²) in [6.45, 7) is 3.39. The maximum atomic E-state index is 14.4. The third-order valence-corrected chi connectivity index (χ3v) is 6.41. The number of nitrogens with zero attached hydrogens (tertiary/aromatic N) is 1. The van der Waals surface area contributed by atoms with Gasteiger partial charge in [-0.1, -0.05) is 24.3 Å². The van der Waals surface area contributed by atoms with Crippen LogP contribution in [0, 0.1) is 5.82 Å². The van der Waals surface area contributed by atoms with E-state index in [4.69, 9.17) is 0 Å². The first-order chi connectivity index (χ1) is 12.7. The van der Waals surface area contributed by atoms with Crippen molar-refractivity contribution < 1.29 is 17.6 Å². The van der Waals surface area contributed by atoms with Crippen LogP contribution in [0.15, 0.2) is 47.4 Å². The van der Waals surface area contributed by atoms with Crippen molar-refractivity contribution in [2.45, 2.75) is 43.7 Å². The smallest absolute Gasteiger partial charge is 0.257 e. The SMILES string of the molecule is CC(C)NS(=O)(=O)c1ccc(F)c(C(=O)N(C)C2CCc3ccccc32)c1. The second kappa shape index (κ2) is 7.40. The number of hydrogen-bond donors (Lipinski definition) is 1. The van der Waals surface area contributed by atoms with Gasteiger partial charge in [-0.15, -0.1) is 0 Å². The third-order valence-electron chi connectivity index (χ3n) is 4.76. The van der Waals surface area contributed by atoms with E-state index >= 15 is 0 Å². The van der Waals surface area contributed by atoms with Crippen LogP contribution in [0.4, 0.5) is 4.39 Å². The highest BCUT2D eigenvalue weighted by Gasteiger charge is 2.30. The van der Waals surface area contributed by atoms with E-state index in [1.54, 1.807) is 20.9 Å². The molecular weight excluding hydrogens is 367 g/mol. The lowest BCUT2D eigenvalue weighted by Gasteiger charge is -2.26. The number of aryl methyl sites for hydroxylation is 1. The lowest BCUT2D eigenvalue weighted by atomic mass is 10.1. The van der Waals surface area contributed by atoms with Crippen molar-refractivity contribution in [3.63, 3.8) is 0 Å². The van der Waals surface area contributed by atoms with Crippen molar-refractivity contribution in [1.29, 1.82) is 0 Å². The van der Waals surface area contributed by atoms with Crippen LogP contribution < -0.4 is 4.72 Å². The maximum Gasteiger partial charge on any atom is 0.257 e. The van der Waals surface area contributed by atoms with Gasteiger partial charge in [0.1, 0.15) is 5.82 Å². The predicted octanol–water partition coefficient (Wildman–Crippen LogP) is 3.27. The summed E-state index contributed by atoms with van der Waals surface area (Å²) in [6, 6.07) is 10.7. The average molecular weight is 390 g/mol. The summed E-state index contributed by atoms with van der Waals surface area (Å²) in [4.78, 5) is 14.3. The molecule has 0 spiro atoms. The Bertz CT molecular complexity index is 973. The van der Waals surface area contributed by atoms with E-state index in [1.807, 2.05) is 24.3 Å². The van der Waals surface area contributed by atoms with Gasteiger partial charge in [0.15, 0.2) is 0 Å². The molecule has 1 unspecified atom stereocenters. The highest BCUT2D eigenvalue weighted by atomic mass is 32.2. The summed E-state index contributed by atoms with van der Waals surface area (Å²) in [5, 5.41) is 0. The van der Waals surface area contributed by atoms with Crippen molar-refractivity contribution in [1.82, 2.24) is 9.62 Å². The monoisotopic (exact) mass is 390 g/mol. The molecule has 0 aromatic heterocycles. The van der Waals surface area contributed by atoms with Crippen molar-refractivity contribution in [3.05, 3.63) is 65.0 Å². The quantitative estimate of drug-likeness (QED) is 0.852. The van der Waals surface area contributed by atoms with Gasteiger partial charge in [-0.3, -0.25) is 4.79 Å². The number of rotatable bonds is 5. The number of halogens is 1. The van der Waals surface area contributed by atoms with E-state index in [0.717, 1.165) is 30.5 Å². The predicted molar refractivity (Wildman–Crippen MR) is 101 cm³/mol. The second-order valence-electron chi connectivity index (χ2n) is 7.09. The van der Waals surface area contributed by atoms with Gasteiger partial charge in [0, 0.05) is 13.1 Å². The Labute approximate surface area is 159 Å². The van der Waals surface area contributed by atoms with E-state index in [-0.39, 0.29) is 22.5 Å². The molecule has 0 fully saturated rings. The Balaban J connectivity index is 1.92. The minimum Gasteiger partial charge on any atom is -0.335 e. The fourth-order valence-corrected chi connectivity index (χ4v) is 4.76. The van der Waals surface area contributed by atoms with Crippen LogP contribution in [0.3, 0.4) is 0 Å². The first-order valence-electron chi connectivity index (χ1n) is 8.87. The Hall–Kier alpha value is -2.25. The van der Waals surface area contributed by atoms with Gasteiger partial charge >= 0.3 is 0 Å². The molecule has 3 rings (SSSR count). The van der Waals surface area contributed by atoms with E-state index < -0.39 is 21.7 Å². The molecule has 1 atom stereocenters. The van der Waals surface area contributed by atoms with Crippen LogP contribution in [-0.4, -0.2) is 32.3 Å². The number of fused-ring (bicyclic) bond motifs is 1. The summed E-state index contributed by atoms with van der Waals surface area (Å²) in [6.07, 6.45) is 1.61. The molecule has 0 radical (unpaired) electrons. The number of carbonyl (C=O) groups excluding carboxylic acids is 1. The van der Waals surface area contributed by atoms with E-state index in [2.05, 4.69) is 4.72 Å². The van der Waals surface area contributed by atoms with Crippen molar-refractivity contribution >= 4 is 15.9 Å². The number of hydrogen-bond acceptors (Lipinski definition) is 3. The van der Waals surface area contributed by atoms with Crippen LogP contribution >= 0.6 is 0 Å². The van der Waals surface area contributed by atoms with Crippen LogP contribution in [0.1, 0.15) is 47.8 Å². The Morgan fingerprint density at radius 3 is 2.63 bits per heavy atom. The summed E-state index contributed by atoms with van der Waals surface area (Å²) in [7, 11) is -2.19. The third kappa shape index (κ3) is 3.89. The molecule has 0 aliphatic heterocycles. The van der Waals surface area contributed by atoms with Crippen molar-refractivity contribution in [2.75, 3.05) is 7.05 Å². The topological polar surface area (TPSA) is 66.5 Å². The van der Waals surface area contributed by atoms with E-state index in [9.17, 15) is 17.6 Å². The number of amides is 1. The highest BCUT2D eigenvalue weighted by Crippen LogP contribution is 2.35. The first kappa shape index (κ1) is 19.5. The zero-order chi connectivity index (χ0) is 19.8. The first-order valence-corrected chi connectivity index (χ1v) is 10.4. The molecule has 1 aliphatic rings. The van der Waals surface area contributed by atoms with Crippen LogP contribution in [0.5, 0.6) is 0 Å². The normalized spacial score (nSPS) is 16.4. The lowest BCUT2D eigenvalue weighted by Crippen LogP contribution is -2.32. The van der Waals surface area contributed by atoms with Gasteiger partial charge < -0.3 is 4.90 Å². The zero-order valence-electron chi connectivity index (χ0n) is 15.6. The average Bonchev–Trinajstić information content (AvgIpc) is 3.03. The number of sulfonamides is 1. The molecule has 1 N–H and O–H groups in total. The second-order valence-corrected chi connectivity index (χ2v) is 8.80. The molecule has 5 nitrogen and oxygen atoms in total. The molecule has 144 valence electrons. The lowest BCUT2D eigenvalue weighted by molar-refractivity contribution is 0.0725.